The molecule has 5 nitrogen and oxygen atoms in total. The first-order valence-corrected chi connectivity index (χ1v) is 8.15. The Balaban J connectivity index is 1.88. The maximum atomic E-state index is 13.4. The van der Waals surface area contributed by atoms with Gasteiger partial charge in [0.25, 0.3) is 0 Å². The molecular weight excluding hydrogens is 318 g/mol. The van der Waals surface area contributed by atoms with Gasteiger partial charge in [-0.05, 0) is 36.5 Å². The molecule has 1 heterocycles. The lowest BCUT2D eigenvalue weighted by molar-refractivity contribution is 0.0991. The van der Waals surface area contributed by atoms with E-state index >= 15 is 0 Å². The summed E-state index contributed by atoms with van der Waals surface area (Å²) in [7, 11) is 0. The normalized spacial score (nSPS) is 21.8. The molecule has 1 aromatic rings. The molecule has 7 heteroatoms. The number of ether oxygens (including phenoxy) is 1. The molecule has 0 aliphatic carbocycles. The van der Waals surface area contributed by atoms with Gasteiger partial charge in [0.05, 0.1) is 12.1 Å². The number of hydrogen-bond acceptors (Lipinski definition) is 3. The van der Waals surface area contributed by atoms with Crippen molar-refractivity contribution in [3.63, 3.8) is 0 Å². The van der Waals surface area contributed by atoms with Gasteiger partial charge in [0.1, 0.15) is 6.10 Å². The van der Waals surface area contributed by atoms with E-state index in [0.29, 0.717) is 30.9 Å². The zero-order valence-electron chi connectivity index (χ0n) is 13.9. The molecule has 3 unspecified atom stereocenters. The molecule has 2 rings (SSSR count). The van der Waals surface area contributed by atoms with Crippen LogP contribution < -0.4 is 10.6 Å². The zero-order chi connectivity index (χ0) is 17.7. The van der Waals surface area contributed by atoms with Crippen LogP contribution in [-0.2, 0) is 4.74 Å². The monoisotopic (exact) mass is 342 g/mol. The van der Waals surface area contributed by atoms with Gasteiger partial charge in [-0.15, -0.1) is 0 Å². The predicted octanol–water partition coefficient (Wildman–Crippen LogP) is 2.50. The number of aliphatic hydroxyl groups is 1. The number of carbonyl (C=O) groups excluding carboxylic acids is 1. The van der Waals surface area contributed by atoms with Gasteiger partial charge in [0.15, 0.2) is 11.6 Å². The van der Waals surface area contributed by atoms with Crippen molar-refractivity contribution in [1.82, 2.24) is 10.6 Å². The number of amides is 2. The number of benzene rings is 1. The lowest BCUT2D eigenvalue weighted by Gasteiger charge is -2.21. The number of aliphatic hydroxyl groups excluding tert-OH is 1. The molecule has 3 atom stereocenters. The van der Waals surface area contributed by atoms with Crippen LogP contribution in [0.25, 0.3) is 0 Å². The Kier molecular flexibility index (Phi) is 6.51. The van der Waals surface area contributed by atoms with Crippen LogP contribution in [0.15, 0.2) is 18.2 Å². The van der Waals surface area contributed by atoms with E-state index in [9.17, 15) is 18.7 Å². The van der Waals surface area contributed by atoms with Crippen molar-refractivity contribution in [2.75, 3.05) is 13.2 Å². The largest absolute Gasteiger partial charge is 0.391 e. The van der Waals surface area contributed by atoms with Gasteiger partial charge >= 0.3 is 6.03 Å². The summed E-state index contributed by atoms with van der Waals surface area (Å²) in [6.07, 6.45) is 0.0552. The van der Waals surface area contributed by atoms with E-state index in [1.807, 2.05) is 13.8 Å². The molecule has 134 valence electrons. The molecule has 1 aromatic carbocycles. The number of urea groups is 1. The standard InChI is InChI=1S/C17H24F2N2O3/c1-10(2)7-12(22)9-20-17(23)21-15-5-6-24-16(15)11-3-4-13(18)14(19)8-11/h3-4,8,10,12,15-16,22H,5-7,9H2,1-2H3,(H2,20,21,23). The molecule has 0 radical (unpaired) electrons. The molecule has 1 saturated heterocycles. The van der Waals surface area contributed by atoms with Crippen LogP contribution >= 0.6 is 0 Å². The molecule has 1 aliphatic rings. The maximum Gasteiger partial charge on any atom is 0.315 e. The second kappa shape index (κ2) is 8.39. The van der Waals surface area contributed by atoms with Crippen molar-refractivity contribution in [2.45, 2.75) is 44.9 Å². The van der Waals surface area contributed by atoms with Crippen LogP contribution in [-0.4, -0.2) is 36.4 Å². The first-order chi connectivity index (χ1) is 11.4. The molecule has 0 bridgehead atoms. The fourth-order valence-corrected chi connectivity index (χ4v) is 2.81. The van der Waals surface area contributed by atoms with E-state index in [1.165, 1.54) is 6.07 Å². The van der Waals surface area contributed by atoms with E-state index in [-0.39, 0.29) is 12.6 Å². The number of halogens is 2. The minimum atomic E-state index is -0.942. The summed E-state index contributed by atoms with van der Waals surface area (Å²) in [6.45, 7) is 4.56. The fourth-order valence-electron chi connectivity index (χ4n) is 2.81. The molecule has 2 amide bonds. The number of nitrogens with one attached hydrogen (secondary N) is 2. The quantitative estimate of drug-likeness (QED) is 0.744. The average Bonchev–Trinajstić information content (AvgIpc) is 2.95. The SMILES string of the molecule is CC(C)CC(O)CNC(=O)NC1CCOC1c1ccc(F)c(F)c1. The second-order valence-corrected chi connectivity index (χ2v) is 6.50. The van der Waals surface area contributed by atoms with E-state index in [1.54, 1.807) is 0 Å². The first-order valence-electron chi connectivity index (χ1n) is 8.15. The van der Waals surface area contributed by atoms with E-state index in [2.05, 4.69) is 10.6 Å². The van der Waals surface area contributed by atoms with E-state index in [0.717, 1.165) is 12.1 Å². The topological polar surface area (TPSA) is 70.6 Å². The zero-order valence-corrected chi connectivity index (χ0v) is 13.9. The van der Waals surface area contributed by atoms with Gasteiger partial charge in [-0.25, -0.2) is 13.6 Å². The number of hydrogen-bond donors (Lipinski definition) is 3. The highest BCUT2D eigenvalue weighted by molar-refractivity contribution is 5.74. The van der Waals surface area contributed by atoms with Crippen molar-refractivity contribution < 1.29 is 23.4 Å². The van der Waals surface area contributed by atoms with Gasteiger partial charge in [0.2, 0.25) is 0 Å². The van der Waals surface area contributed by atoms with Crippen LogP contribution in [0.1, 0.15) is 38.4 Å². The molecule has 0 aromatic heterocycles. The molecule has 0 spiro atoms. The molecule has 3 N–H and O–H groups in total. The third kappa shape index (κ3) is 5.14. The lowest BCUT2D eigenvalue weighted by atomic mass is 10.0. The molecule has 1 fully saturated rings. The third-order valence-electron chi connectivity index (χ3n) is 3.92. The third-order valence-corrected chi connectivity index (χ3v) is 3.92. The van der Waals surface area contributed by atoms with Crippen LogP contribution in [0.3, 0.4) is 0 Å². The molecular formula is C17H24F2N2O3. The minimum Gasteiger partial charge on any atom is -0.391 e. The summed E-state index contributed by atoms with van der Waals surface area (Å²) in [5.41, 5.74) is 0.483. The van der Waals surface area contributed by atoms with Crippen LogP contribution in [0, 0.1) is 17.6 Å². The Morgan fingerprint density at radius 1 is 1.38 bits per heavy atom. The van der Waals surface area contributed by atoms with Crippen LogP contribution in [0.4, 0.5) is 13.6 Å². The van der Waals surface area contributed by atoms with Gasteiger partial charge < -0.3 is 20.5 Å². The fraction of sp³-hybridized carbons (Fsp3) is 0.588. The van der Waals surface area contributed by atoms with E-state index in [4.69, 9.17) is 4.74 Å². The van der Waals surface area contributed by atoms with Crippen LogP contribution in [0.5, 0.6) is 0 Å². The Labute approximate surface area is 140 Å². The highest BCUT2D eigenvalue weighted by atomic mass is 19.2. The smallest absolute Gasteiger partial charge is 0.315 e. The van der Waals surface area contributed by atoms with Crippen molar-refractivity contribution in [1.29, 1.82) is 0 Å². The Morgan fingerprint density at radius 3 is 2.79 bits per heavy atom. The van der Waals surface area contributed by atoms with E-state index < -0.39 is 29.9 Å². The highest BCUT2D eigenvalue weighted by Gasteiger charge is 2.31. The summed E-state index contributed by atoms with van der Waals surface area (Å²) in [5, 5.41) is 15.2. The highest BCUT2D eigenvalue weighted by Crippen LogP contribution is 2.30. The Morgan fingerprint density at radius 2 is 2.12 bits per heavy atom. The van der Waals surface area contributed by atoms with Crippen molar-refractivity contribution >= 4 is 6.03 Å². The number of carbonyl (C=O) groups is 1. The van der Waals surface area contributed by atoms with Crippen LogP contribution in [0.2, 0.25) is 0 Å². The number of rotatable bonds is 6. The predicted molar refractivity (Wildman–Crippen MR) is 85.5 cm³/mol. The van der Waals surface area contributed by atoms with Gasteiger partial charge in [0, 0.05) is 13.2 Å². The second-order valence-electron chi connectivity index (χ2n) is 6.50. The maximum absolute atomic E-state index is 13.4. The van der Waals surface area contributed by atoms with Crippen molar-refractivity contribution in [2.24, 2.45) is 5.92 Å². The Hall–Kier alpha value is -1.73. The summed E-state index contributed by atoms with van der Waals surface area (Å²) in [6, 6.07) is 2.83. The summed E-state index contributed by atoms with van der Waals surface area (Å²) in [5.74, 6) is -1.52. The van der Waals surface area contributed by atoms with Crippen molar-refractivity contribution in [3.05, 3.63) is 35.4 Å². The summed E-state index contributed by atoms with van der Waals surface area (Å²) >= 11 is 0. The van der Waals surface area contributed by atoms with Gasteiger partial charge in [-0.3, -0.25) is 0 Å². The lowest BCUT2D eigenvalue weighted by Crippen LogP contribution is -2.45. The average molecular weight is 342 g/mol. The summed E-state index contributed by atoms with van der Waals surface area (Å²) < 4.78 is 32.0. The molecule has 1 aliphatic heterocycles. The summed E-state index contributed by atoms with van der Waals surface area (Å²) in [4.78, 5) is 12.0. The Bertz CT molecular complexity index is 569. The van der Waals surface area contributed by atoms with Gasteiger partial charge in [-0.2, -0.15) is 0 Å². The minimum absolute atomic E-state index is 0.160. The first kappa shape index (κ1) is 18.6. The van der Waals surface area contributed by atoms with Gasteiger partial charge in [-0.1, -0.05) is 19.9 Å². The molecule has 0 saturated carbocycles. The molecule has 24 heavy (non-hydrogen) atoms. The van der Waals surface area contributed by atoms with Crippen molar-refractivity contribution in [3.8, 4) is 0 Å².